The van der Waals surface area contributed by atoms with Crippen LogP contribution in [0.25, 0.3) is 0 Å². The second-order valence-electron chi connectivity index (χ2n) is 5.65. The van der Waals surface area contributed by atoms with Crippen molar-refractivity contribution in [1.82, 2.24) is 10.6 Å². The highest BCUT2D eigenvalue weighted by Gasteiger charge is 2.26. The number of rotatable bonds is 8. The molecule has 0 aromatic heterocycles. The minimum Gasteiger partial charge on any atom is -0.355 e. The van der Waals surface area contributed by atoms with Gasteiger partial charge in [0.2, 0.25) is 17.7 Å². The average Bonchev–Trinajstić information content (AvgIpc) is 2.58. The van der Waals surface area contributed by atoms with Crippen molar-refractivity contribution in [3.8, 4) is 0 Å². The molecule has 1 aromatic carbocycles. The van der Waals surface area contributed by atoms with Crippen LogP contribution >= 0.6 is 0 Å². The molecule has 0 aliphatic carbocycles. The Balaban J connectivity index is 1.80. The van der Waals surface area contributed by atoms with E-state index in [1.54, 1.807) is 18.2 Å². The normalized spacial score (nSPS) is 13.2. The van der Waals surface area contributed by atoms with Gasteiger partial charge in [-0.25, -0.2) is 0 Å². The van der Waals surface area contributed by atoms with Gasteiger partial charge in [-0.05, 0) is 25.1 Å². The predicted molar refractivity (Wildman–Crippen MR) is 92.8 cm³/mol. The molecule has 1 aliphatic rings. The number of nitrogens with zero attached hydrogens (tertiary/aromatic N) is 1. The smallest absolute Gasteiger partial charge is 0.244 e. The largest absolute Gasteiger partial charge is 0.355 e. The quantitative estimate of drug-likeness (QED) is 0.616. The molecule has 1 aromatic rings. The minimum atomic E-state index is -0.228. The third kappa shape index (κ3) is 5.06. The van der Waals surface area contributed by atoms with Crippen molar-refractivity contribution >= 4 is 29.1 Å². The molecule has 1 heterocycles. The maximum atomic E-state index is 12.4. The lowest BCUT2D eigenvalue weighted by Gasteiger charge is -2.29. The Bertz CT molecular complexity index is 603. The van der Waals surface area contributed by atoms with Crippen molar-refractivity contribution in [2.45, 2.75) is 26.2 Å². The van der Waals surface area contributed by atoms with Crippen molar-refractivity contribution in [3.63, 3.8) is 0 Å². The van der Waals surface area contributed by atoms with E-state index < -0.39 is 0 Å². The highest BCUT2D eigenvalue weighted by molar-refractivity contribution is 6.10. The van der Waals surface area contributed by atoms with Gasteiger partial charge >= 0.3 is 0 Å². The molecule has 3 amide bonds. The van der Waals surface area contributed by atoms with E-state index in [-0.39, 0.29) is 37.1 Å². The Morgan fingerprint density at radius 2 is 1.96 bits per heavy atom. The summed E-state index contributed by atoms with van der Waals surface area (Å²) in [6, 6.07) is 7.15. The number of anilines is 2. The van der Waals surface area contributed by atoms with Gasteiger partial charge in [-0.1, -0.05) is 19.1 Å². The maximum Gasteiger partial charge on any atom is 0.244 e. The topological polar surface area (TPSA) is 90.5 Å². The van der Waals surface area contributed by atoms with Crippen molar-refractivity contribution in [2.75, 3.05) is 36.4 Å². The summed E-state index contributed by atoms with van der Waals surface area (Å²) >= 11 is 0. The molecule has 0 spiro atoms. The molecule has 130 valence electrons. The van der Waals surface area contributed by atoms with E-state index in [0.29, 0.717) is 24.5 Å². The Hall–Kier alpha value is -2.41. The van der Waals surface area contributed by atoms with Crippen LogP contribution in [0.2, 0.25) is 0 Å². The predicted octanol–water partition coefficient (Wildman–Crippen LogP) is 0.868. The summed E-state index contributed by atoms with van der Waals surface area (Å²) in [7, 11) is 0. The molecule has 7 nitrogen and oxygen atoms in total. The molecule has 7 heteroatoms. The number of para-hydroxylation sites is 2. The number of hydrogen-bond donors (Lipinski definition) is 3. The van der Waals surface area contributed by atoms with E-state index >= 15 is 0 Å². The van der Waals surface area contributed by atoms with Crippen molar-refractivity contribution < 1.29 is 14.4 Å². The van der Waals surface area contributed by atoms with Crippen LogP contribution in [0.15, 0.2) is 24.3 Å². The Kier molecular flexibility index (Phi) is 6.74. The first-order valence-corrected chi connectivity index (χ1v) is 8.28. The summed E-state index contributed by atoms with van der Waals surface area (Å²) in [5, 5.41) is 8.70. The van der Waals surface area contributed by atoms with E-state index in [1.165, 1.54) is 4.90 Å². The first-order valence-electron chi connectivity index (χ1n) is 8.28. The Morgan fingerprint density at radius 3 is 2.75 bits per heavy atom. The van der Waals surface area contributed by atoms with Gasteiger partial charge in [-0.15, -0.1) is 0 Å². The van der Waals surface area contributed by atoms with E-state index in [1.807, 2.05) is 6.07 Å². The summed E-state index contributed by atoms with van der Waals surface area (Å²) in [5.41, 5.74) is 1.29. The van der Waals surface area contributed by atoms with Crippen molar-refractivity contribution in [3.05, 3.63) is 24.3 Å². The molecule has 24 heavy (non-hydrogen) atoms. The Morgan fingerprint density at radius 1 is 1.17 bits per heavy atom. The lowest BCUT2D eigenvalue weighted by atomic mass is 10.1. The number of fused-ring (bicyclic) bond motifs is 1. The van der Waals surface area contributed by atoms with Crippen LogP contribution in [-0.4, -0.2) is 43.9 Å². The third-order valence-electron chi connectivity index (χ3n) is 3.69. The molecule has 0 saturated heterocycles. The number of amides is 3. The van der Waals surface area contributed by atoms with Crippen LogP contribution in [0.1, 0.15) is 26.2 Å². The number of hydrogen-bond acceptors (Lipinski definition) is 4. The Labute approximate surface area is 141 Å². The number of carbonyl (C=O) groups excluding carboxylic acids is 3. The van der Waals surface area contributed by atoms with Crippen molar-refractivity contribution in [1.29, 1.82) is 0 Å². The van der Waals surface area contributed by atoms with Gasteiger partial charge < -0.3 is 20.9 Å². The van der Waals surface area contributed by atoms with E-state index in [0.717, 1.165) is 13.0 Å². The van der Waals surface area contributed by atoms with Gasteiger partial charge in [-0.2, -0.15) is 0 Å². The molecule has 0 saturated carbocycles. The third-order valence-corrected chi connectivity index (χ3v) is 3.69. The fourth-order valence-corrected chi connectivity index (χ4v) is 2.49. The lowest BCUT2D eigenvalue weighted by Crippen LogP contribution is -2.42. The number of benzene rings is 1. The summed E-state index contributed by atoms with van der Waals surface area (Å²) in [4.78, 5) is 37.3. The van der Waals surface area contributed by atoms with E-state index in [9.17, 15) is 14.4 Å². The van der Waals surface area contributed by atoms with Gasteiger partial charge in [0, 0.05) is 25.9 Å². The molecule has 0 atom stereocenters. The summed E-state index contributed by atoms with van der Waals surface area (Å²) in [5.74, 6) is -0.610. The molecule has 0 fully saturated rings. The molecule has 0 bridgehead atoms. The van der Waals surface area contributed by atoms with Gasteiger partial charge in [-0.3, -0.25) is 14.4 Å². The van der Waals surface area contributed by atoms with E-state index in [2.05, 4.69) is 22.9 Å². The molecule has 0 unspecified atom stereocenters. The van der Waals surface area contributed by atoms with Crippen LogP contribution < -0.4 is 20.9 Å². The summed E-state index contributed by atoms with van der Waals surface area (Å²) < 4.78 is 0. The second-order valence-corrected chi connectivity index (χ2v) is 5.65. The highest BCUT2D eigenvalue weighted by Crippen LogP contribution is 2.29. The standard InChI is InChI=1S/C17H24N4O3/c1-2-9-18-10-11-19-15(22)7-8-17(24)21-12-16(23)20-13-5-3-4-6-14(13)21/h3-6,18H,2,7-12H2,1H3,(H,19,22)(H,20,23). The lowest BCUT2D eigenvalue weighted by molar-refractivity contribution is -0.125. The van der Waals surface area contributed by atoms with Crippen LogP contribution in [-0.2, 0) is 14.4 Å². The minimum absolute atomic E-state index is 0.0155. The second kappa shape index (κ2) is 9.02. The SMILES string of the molecule is CCCNCCNC(=O)CCC(=O)N1CC(=O)Nc2ccccc21. The van der Waals surface area contributed by atoms with Crippen LogP contribution in [0, 0.1) is 0 Å². The zero-order valence-corrected chi connectivity index (χ0v) is 13.9. The molecule has 3 N–H and O–H groups in total. The molecule has 1 aliphatic heterocycles. The van der Waals surface area contributed by atoms with E-state index in [4.69, 9.17) is 0 Å². The summed E-state index contributed by atoms with van der Waals surface area (Å²) in [6.45, 7) is 4.24. The zero-order chi connectivity index (χ0) is 17.4. The fraction of sp³-hybridized carbons (Fsp3) is 0.471. The first-order chi connectivity index (χ1) is 11.6. The highest BCUT2D eigenvalue weighted by atomic mass is 16.2. The zero-order valence-electron chi connectivity index (χ0n) is 13.9. The fourth-order valence-electron chi connectivity index (χ4n) is 2.49. The average molecular weight is 332 g/mol. The van der Waals surface area contributed by atoms with Gasteiger partial charge in [0.05, 0.1) is 11.4 Å². The monoisotopic (exact) mass is 332 g/mol. The number of carbonyl (C=O) groups is 3. The summed E-state index contributed by atoms with van der Waals surface area (Å²) in [6.07, 6.45) is 1.25. The van der Waals surface area contributed by atoms with Gasteiger partial charge in [0.1, 0.15) is 6.54 Å². The van der Waals surface area contributed by atoms with Crippen LogP contribution in [0.4, 0.5) is 11.4 Å². The van der Waals surface area contributed by atoms with Gasteiger partial charge in [0.15, 0.2) is 0 Å². The molecule has 2 rings (SSSR count). The van der Waals surface area contributed by atoms with Crippen LogP contribution in [0.5, 0.6) is 0 Å². The maximum absolute atomic E-state index is 12.4. The van der Waals surface area contributed by atoms with Gasteiger partial charge in [0.25, 0.3) is 0 Å². The molecular weight excluding hydrogens is 308 g/mol. The number of nitrogens with one attached hydrogen (secondary N) is 3. The first kappa shape index (κ1) is 17.9. The molecule has 0 radical (unpaired) electrons. The van der Waals surface area contributed by atoms with Crippen LogP contribution in [0.3, 0.4) is 0 Å². The molecular formula is C17H24N4O3. The van der Waals surface area contributed by atoms with Crippen molar-refractivity contribution in [2.24, 2.45) is 0 Å².